The maximum absolute atomic E-state index is 13.6. The molecule has 22 heavy (non-hydrogen) atoms. The predicted octanol–water partition coefficient (Wildman–Crippen LogP) is 4.94. The van der Waals surface area contributed by atoms with Crippen LogP contribution in [0.5, 0.6) is 0 Å². The molecule has 1 heterocycles. The molecule has 0 radical (unpaired) electrons. The molecule has 0 aromatic heterocycles. The van der Waals surface area contributed by atoms with Gasteiger partial charge in [-0.25, -0.2) is 4.39 Å². The summed E-state index contributed by atoms with van der Waals surface area (Å²) in [6, 6.07) is 0. The Kier molecular flexibility index (Phi) is 4.56. The van der Waals surface area contributed by atoms with Crippen LogP contribution in [0.1, 0.15) is 48.5 Å². The lowest BCUT2D eigenvalue weighted by Crippen LogP contribution is -2.41. The van der Waals surface area contributed by atoms with E-state index >= 15 is 0 Å². The molecule has 4 heteroatoms. The van der Waals surface area contributed by atoms with Crippen LogP contribution in [-0.4, -0.2) is 18.3 Å². The first-order valence-electron chi connectivity index (χ1n) is 7.87. The molecule has 1 unspecified atom stereocenters. The molecule has 1 saturated heterocycles. The van der Waals surface area contributed by atoms with Crippen molar-refractivity contribution >= 4 is 7.12 Å². The Balaban J connectivity index is 2.26. The lowest BCUT2D eigenvalue weighted by atomic mass is 9.75. The van der Waals surface area contributed by atoms with Gasteiger partial charge in [0.15, 0.2) is 0 Å². The van der Waals surface area contributed by atoms with Crippen molar-refractivity contribution in [2.75, 3.05) is 0 Å². The maximum atomic E-state index is 13.6. The van der Waals surface area contributed by atoms with Crippen molar-refractivity contribution in [1.82, 2.24) is 0 Å². The lowest BCUT2D eigenvalue weighted by Gasteiger charge is -2.32. The molecule has 2 nitrogen and oxygen atoms in total. The monoisotopic (exact) mass is 304 g/mol. The molecule has 2 aliphatic rings. The first kappa shape index (κ1) is 17.2. The second-order valence-electron chi connectivity index (χ2n) is 7.11. The average molecular weight is 304 g/mol. The van der Waals surface area contributed by atoms with Gasteiger partial charge in [-0.2, -0.15) is 0 Å². The number of hydrogen-bond donors (Lipinski definition) is 0. The van der Waals surface area contributed by atoms with Gasteiger partial charge in [-0.3, -0.25) is 0 Å². The summed E-state index contributed by atoms with van der Waals surface area (Å²) in [6.07, 6.45) is 7.42. The number of halogens is 1. The minimum absolute atomic E-state index is 0.0578. The van der Waals surface area contributed by atoms with Crippen molar-refractivity contribution in [1.29, 1.82) is 0 Å². The van der Waals surface area contributed by atoms with Crippen molar-refractivity contribution in [3.63, 3.8) is 0 Å². The summed E-state index contributed by atoms with van der Waals surface area (Å²) < 4.78 is 25.8. The third-order valence-electron chi connectivity index (χ3n) is 5.14. The minimum Gasteiger partial charge on any atom is -0.399 e. The second kappa shape index (κ2) is 5.82. The molecular formula is C18H26BFO2. The van der Waals surface area contributed by atoms with Crippen LogP contribution in [0.3, 0.4) is 0 Å². The zero-order valence-electron chi connectivity index (χ0n) is 14.7. The Hall–Kier alpha value is -1.13. The quantitative estimate of drug-likeness (QED) is 0.673. The van der Waals surface area contributed by atoms with E-state index in [0.29, 0.717) is 0 Å². The zero-order chi connectivity index (χ0) is 16.7. The smallest absolute Gasteiger partial charge is 0.399 e. The number of hydrogen-bond acceptors (Lipinski definition) is 2. The Labute approximate surface area is 133 Å². The van der Waals surface area contributed by atoms with E-state index in [-0.39, 0.29) is 30.1 Å². The molecule has 120 valence electrons. The molecule has 0 aromatic carbocycles. The summed E-state index contributed by atoms with van der Waals surface area (Å²) in [5, 5.41) is 0. The van der Waals surface area contributed by atoms with Crippen LogP contribution in [0.15, 0.2) is 46.7 Å². The fourth-order valence-electron chi connectivity index (χ4n) is 2.53. The van der Waals surface area contributed by atoms with Crippen molar-refractivity contribution < 1.29 is 13.7 Å². The topological polar surface area (TPSA) is 18.5 Å². The Morgan fingerprint density at radius 3 is 2.23 bits per heavy atom. The van der Waals surface area contributed by atoms with Gasteiger partial charge in [0.05, 0.1) is 11.2 Å². The highest BCUT2D eigenvalue weighted by Crippen LogP contribution is 2.39. The predicted molar refractivity (Wildman–Crippen MR) is 90.0 cm³/mol. The van der Waals surface area contributed by atoms with E-state index in [4.69, 9.17) is 9.31 Å². The fraction of sp³-hybridized carbons (Fsp3) is 0.556. The lowest BCUT2D eigenvalue weighted by molar-refractivity contribution is 0.00578. The van der Waals surface area contributed by atoms with Crippen LogP contribution in [0.25, 0.3) is 0 Å². The molecule has 1 atom stereocenters. The molecular weight excluding hydrogens is 278 g/mol. The maximum Gasteiger partial charge on any atom is 0.494 e. The molecule has 1 aliphatic carbocycles. The van der Waals surface area contributed by atoms with Crippen LogP contribution < -0.4 is 0 Å². The van der Waals surface area contributed by atoms with Gasteiger partial charge >= 0.3 is 7.12 Å². The molecule has 0 bridgehead atoms. The molecule has 0 amide bonds. The highest BCUT2D eigenvalue weighted by Gasteiger charge is 2.52. The summed E-state index contributed by atoms with van der Waals surface area (Å²) in [5.41, 5.74) is 2.08. The SMILES string of the molecule is C/C=C(\C=C1\C=CC(F)=C(C)C1C)B1OC(C)(C)C(C)(C)O1. The van der Waals surface area contributed by atoms with Crippen LogP contribution in [0, 0.1) is 5.92 Å². The standard InChI is InChI=1S/C18H26BFO2/c1-8-15(19-21-17(4,5)18(6,7)22-19)11-14-9-10-16(20)13(3)12(14)2/h8-12H,1-7H3/b14-11-,15-8+. The molecule has 0 saturated carbocycles. The summed E-state index contributed by atoms with van der Waals surface area (Å²) in [4.78, 5) is 0. The third kappa shape index (κ3) is 2.99. The number of rotatable bonds is 2. The molecule has 2 rings (SSSR count). The van der Waals surface area contributed by atoms with Crippen LogP contribution in [-0.2, 0) is 9.31 Å². The third-order valence-corrected chi connectivity index (χ3v) is 5.14. The molecule has 1 fully saturated rings. The molecule has 0 N–H and O–H groups in total. The Bertz CT molecular complexity index is 566. The minimum atomic E-state index is -0.390. The molecule has 0 aromatic rings. The van der Waals surface area contributed by atoms with Gasteiger partial charge in [-0.05, 0) is 64.2 Å². The van der Waals surface area contributed by atoms with E-state index in [1.165, 1.54) is 6.08 Å². The van der Waals surface area contributed by atoms with Crippen LogP contribution in [0.2, 0.25) is 0 Å². The van der Waals surface area contributed by atoms with Gasteiger partial charge in [0.2, 0.25) is 0 Å². The largest absolute Gasteiger partial charge is 0.494 e. The van der Waals surface area contributed by atoms with Crippen molar-refractivity contribution in [2.24, 2.45) is 5.92 Å². The first-order valence-corrected chi connectivity index (χ1v) is 7.87. The van der Waals surface area contributed by atoms with Crippen molar-refractivity contribution in [3.05, 3.63) is 46.7 Å². The first-order chi connectivity index (χ1) is 10.1. The summed E-state index contributed by atoms with van der Waals surface area (Å²) in [5.74, 6) is -0.0790. The fourth-order valence-corrected chi connectivity index (χ4v) is 2.53. The summed E-state index contributed by atoms with van der Waals surface area (Å²) in [6.45, 7) is 14.0. The normalized spacial score (nSPS) is 29.6. The summed E-state index contributed by atoms with van der Waals surface area (Å²) >= 11 is 0. The van der Waals surface area contributed by atoms with E-state index in [9.17, 15) is 4.39 Å². The van der Waals surface area contributed by atoms with E-state index in [1.54, 1.807) is 0 Å². The molecule has 0 spiro atoms. The zero-order valence-corrected chi connectivity index (χ0v) is 14.7. The highest BCUT2D eigenvalue weighted by molar-refractivity contribution is 6.55. The van der Waals surface area contributed by atoms with Crippen LogP contribution >= 0.6 is 0 Å². The van der Waals surface area contributed by atoms with Crippen molar-refractivity contribution in [2.45, 2.75) is 59.7 Å². The van der Waals surface area contributed by atoms with Gasteiger partial charge in [0.1, 0.15) is 5.83 Å². The van der Waals surface area contributed by atoms with Crippen LogP contribution in [0.4, 0.5) is 4.39 Å². The summed E-state index contributed by atoms with van der Waals surface area (Å²) in [7, 11) is -0.390. The second-order valence-corrected chi connectivity index (χ2v) is 7.11. The van der Waals surface area contributed by atoms with E-state index in [2.05, 4.69) is 6.08 Å². The van der Waals surface area contributed by atoms with Crippen molar-refractivity contribution in [3.8, 4) is 0 Å². The van der Waals surface area contributed by atoms with E-state index < -0.39 is 0 Å². The Morgan fingerprint density at radius 2 is 1.73 bits per heavy atom. The van der Waals surface area contributed by atoms with Gasteiger partial charge in [-0.15, -0.1) is 0 Å². The highest BCUT2D eigenvalue weighted by atomic mass is 19.1. The van der Waals surface area contributed by atoms with Gasteiger partial charge in [0, 0.05) is 5.92 Å². The molecule has 1 aliphatic heterocycles. The van der Waals surface area contributed by atoms with Gasteiger partial charge in [0.25, 0.3) is 0 Å². The van der Waals surface area contributed by atoms with Gasteiger partial charge in [-0.1, -0.05) is 25.2 Å². The van der Waals surface area contributed by atoms with Gasteiger partial charge < -0.3 is 9.31 Å². The Morgan fingerprint density at radius 1 is 1.18 bits per heavy atom. The average Bonchev–Trinajstić information content (AvgIpc) is 2.64. The van der Waals surface area contributed by atoms with E-state index in [0.717, 1.165) is 16.6 Å². The van der Waals surface area contributed by atoms with E-state index in [1.807, 2.05) is 60.6 Å². The number of allylic oxidation sites excluding steroid dienone is 8.